The zero-order chi connectivity index (χ0) is 21.6. The van der Waals surface area contributed by atoms with Crippen LogP contribution in [0.25, 0.3) is 0 Å². The molecular formula is C22H24N2O4S2. The Hall–Kier alpha value is -2.68. The number of hydrogen-bond acceptors (Lipinski definition) is 6. The van der Waals surface area contributed by atoms with Gasteiger partial charge in [-0.1, -0.05) is 23.8 Å². The second-order valence-electron chi connectivity index (χ2n) is 6.60. The minimum atomic E-state index is -3.70. The molecule has 3 aromatic rings. The molecule has 0 N–H and O–H groups in total. The minimum absolute atomic E-state index is 0.154. The Bertz CT molecular complexity index is 1080. The summed E-state index contributed by atoms with van der Waals surface area (Å²) in [6.07, 6.45) is 1.56. The van der Waals surface area contributed by atoms with E-state index in [-0.39, 0.29) is 18.0 Å². The van der Waals surface area contributed by atoms with Gasteiger partial charge in [-0.3, -0.25) is 0 Å². The molecule has 0 bridgehead atoms. The fourth-order valence-corrected chi connectivity index (χ4v) is 4.81. The van der Waals surface area contributed by atoms with E-state index in [2.05, 4.69) is 11.6 Å². The second-order valence-corrected chi connectivity index (χ2v) is 9.48. The molecule has 1 aromatic heterocycles. The van der Waals surface area contributed by atoms with Crippen molar-refractivity contribution in [1.29, 1.82) is 0 Å². The van der Waals surface area contributed by atoms with Crippen LogP contribution in [0.4, 0.5) is 0 Å². The van der Waals surface area contributed by atoms with Gasteiger partial charge in [-0.2, -0.15) is 4.31 Å². The Morgan fingerprint density at radius 2 is 1.77 bits per heavy atom. The summed E-state index contributed by atoms with van der Waals surface area (Å²) in [4.78, 5) is 4.73. The van der Waals surface area contributed by atoms with Crippen LogP contribution in [0.5, 0.6) is 11.5 Å². The maximum atomic E-state index is 13.1. The molecule has 0 spiro atoms. The zero-order valence-electron chi connectivity index (χ0n) is 16.9. The molecule has 8 heteroatoms. The van der Waals surface area contributed by atoms with Gasteiger partial charge in [0.25, 0.3) is 0 Å². The summed E-state index contributed by atoms with van der Waals surface area (Å²) in [5.41, 5.74) is 1.83. The van der Waals surface area contributed by atoms with E-state index in [1.807, 2.05) is 36.6 Å². The predicted molar refractivity (Wildman–Crippen MR) is 118 cm³/mol. The fraction of sp³-hybridized carbons (Fsp3) is 0.227. The Morgan fingerprint density at radius 1 is 1.10 bits per heavy atom. The van der Waals surface area contributed by atoms with Gasteiger partial charge in [-0.05, 0) is 43.3 Å². The Labute approximate surface area is 181 Å². The predicted octanol–water partition coefficient (Wildman–Crippen LogP) is 4.42. The van der Waals surface area contributed by atoms with Crippen LogP contribution in [0.15, 0.2) is 71.5 Å². The highest BCUT2D eigenvalue weighted by molar-refractivity contribution is 7.89. The van der Waals surface area contributed by atoms with Crippen LogP contribution in [-0.2, 0) is 23.2 Å². The van der Waals surface area contributed by atoms with Gasteiger partial charge in [0.2, 0.25) is 10.0 Å². The van der Waals surface area contributed by atoms with Gasteiger partial charge in [-0.15, -0.1) is 17.9 Å². The van der Waals surface area contributed by atoms with Crippen LogP contribution < -0.4 is 9.47 Å². The molecule has 3 rings (SSSR count). The first kappa shape index (κ1) is 22.0. The molecule has 2 aromatic carbocycles. The number of sulfonamides is 1. The normalized spacial score (nSPS) is 11.4. The van der Waals surface area contributed by atoms with E-state index in [9.17, 15) is 8.42 Å². The number of rotatable bonds is 10. The molecule has 0 aliphatic carbocycles. The van der Waals surface area contributed by atoms with Crippen molar-refractivity contribution in [2.24, 2.45) is 0 Å². The fourth-order valence-electron chi connectivity index (χ4n) is 2.74. The van der Waals surface area contributed by atoms with E-state index < -0.39 is 10.0 Å². The molecule has 0 unspecified atom stereocenters. The number of ether oxygens (including phenoxy) is 2. The molecule has 1 heterocycles. The van der Waals surface area contributed by atoms with Crippen molar-refractivity contribution < 1.29 is 17.9 Å². The highest BCUT2D eigenvalue weighted by atomic mass is 32.2. The van der Waals surface area contributed by atoms with Gasteiger partial charge in [0.05, 0.1) is 24.2 Å². The molecule has 30 heavy (non-hydrogen) atoms. The van der Waals surface area contributed by atoms with Crippen LogP contribution in [0.1, 0.15) is 16.3 Å². The lowest BCUT2D eigenvalue weighted by Crippen LogP contribution is -2.31. The number of methoxy groups -OCH3 is 1. The Kier molecular flexibility index (Phi) is 7.25. The molecule has 0 fully saturated rings. The molecule has 0 aliphatic heterocycles. The molecule has 0 saturated carbocycles. The topological polar surface area (TPSA) is 68.7 Å². The maximum Gasteiger partial charge on any atom is 0.243 e. The number of aromatic nitrogens is 1. The summed E-state index contributed by atoms with van der Waals surface area (Å²) < 4.78 is 38.3. The number of hydrogen-bond donors (Lipinski definition) is 0. The van der Waals surface area contributed by atoms with Gasteiger partial charge in [0.15, 0.2) is 0 Å². The average molecular weight is 445 g/mol. The third-order valence-electron chi connectivity index (χ3n) is 4.35. The molecule has 0 aliphatic rings. The third kappa shape index (κ3) is 5.47. The summed E-state index contributed by atoms with van der Waals surface area (Å²) in [6, 6.07) is 14.1. The standard InChI is InChI=1S/C22H24N2O4S2/c1-4-13-24(30(25,26)21-11-9-19(27-3)10-12-21)14-18-16-29-22(23-18)15-28-20-7-5-17(2)6-8-20/h4-12,16H,1,13-15H2,2-3H3. The largest absolute Gasteiger partial charge is 0.497 e. The molecule has 158 valence electrons. The van der Waals surface area contributed by atoms with Gasteiger partial charge < -0.3 is 9.47 Å². The van der Waals surface area contributed by atoms with E-state index in [0.717, 1.165) is 10.8 Å². The SMILES string of the molecule is C=CCN(Cc1csc(COc2ccc(C)cc2)n1)S(=O)(=O)c1ccc(OC)cc1. The molecule has 0 radical (unpaired) electrons. The molecule has 0 amide bonds. The lowest BCUT2D eigenvalue weighted by Gasteiger charge is -2.20. The zero-order valence-corrected chi connectivity index (χ0v) is 18.6. The molecule has 0 atom stereocenters. The number of thiazole rings is 1. The van der Waals surface area contributed by atoms with Crippen molar-refractivity contribution in [2.45, 2.75) is 25.0 Å². The third-order valence-corrected chi connectivity index (χ3v) is 7.05. The van der Waals surface area contributed by atoms with Crippen LogP contribution in [0, 0.1) is 6.92 Å². The number of aryl methyl sites for hydroxylation is 1. The summed E-state index contributed by atoms with van der Waals surface area (Å²) in [5, 5.41) is 2.64. The monoisotopic (exact) mass is 444 g/mol. The molecule has 6 nitrogen and oxygen atoms in total. The van der Waals surface area contributed by atoms with Crippen LogP contribution in [-0.4, -0.2) is 31.4 Å². The van der Waals surface area contributed by atoms with Crippen molar-refractivity contribution in [3.8, 4) is 11.5 Å². The summed E-state index contributed by atoms with van der Waals surface area (Å²) >= 11 is 1.44. The number of benzene rings is 2. The quantitative estimate of drug-likeness (QED) is 0.433. The first-order valence-corrected chi connectivity index (χ1v) is 11.6. The van der Waals surface area contributed by atoms with Crippen LogP contribution >= 0.6 is 11.3 Å². The van der Waals surface area contributed by atoms with E-state index in [1.54, 1.807) is 18.2 Å². The van der Waals surface area contributed by atoms with E-state index in [4.69, 9.17) is 9.47 Å². The highest BCUT2D eigenvalue weighted by Gasteiger charge is 2.24. The smallest absolute Gasteiger partial charge is 0.243 e. The van der Waals surface area contributed by atoms with E-state index >= 15 is 0 Å². The lowest BCUT2D eigenvalue weighted by atomic mass is 10.2. The van der Waals surface area contributed by atoms with Gasteiger partial charge in [0, 0.05) is 11.9 Å². The molecule has 0 saturated heterocycles. The second kappa shape index (κ2) is 9.88. The minimum Gasteiger partial charge on any atom is -0.497 e. The van der Waals surface area contributed by atoms with Crippen molar-refractivity contribution in [1.82, 2.24) is 9.29 Å². The Morgan fingerprint density at radius 3 is 2.40 bits per heavy atom. The van der Waals surface area contributed by atoms with Gasteiger partial charge in [-0.25, -0.2) is 13.4 Å². The maximum absolute atomic E-state index is 13.1. The van der Waals surface area contributed by atoms with E-state index in [1.165, 1.54) is 40.4 Å². The summed E-state index contributed by atoms with van der Waals surface area (Å²) in [6.45, 7) is 6.38. The summed E-state index contributed by atoms with van der Waals surface area (Å²) in [5.74, 6) is 1.37. The highest BCUT2D eigenvalue weighted by Crippen LogP contribution is 2.22. The Balaban J connectivity index is 1.70. The number of nitrogens with zero attached hydrogens (tertiary/aromatic N) is 2. The first-order valence-electron chi connectivity index (χ1n) is 9.30. The van der Waals surface area contributed by atoms with Gasteiger partial charge in [0.1, 0.15) is 23.1 Å². The first-order chi connectivity index (χ1) is 14.4. The van der Waals surface area contributed by atoms with Crippen molar-refractivity contribution in [3.63, 3.8) is 0 Å². The molecular weight excluding hydrogens is 420 g/mol. The van der Waals surface area contributed by atoms with Crippen LogP contribution in [0.3, 0.4) is 0 Å². The van der Waals surface area contributed by atoms with Crippen molar-refractivity contribution in [3.05, 3.63) is 82.8 Å². The van der Waals surface area contributed by atoms with Gasteiger partial charge >= 0.3 is 0 Å². The lowest BCUT2D eigenvalue weighted by molar-refractivity contribution is 0.305. The van der Waals surface area contributed by atoms with Crippen molar-refractivity contribution >= 4 is 21.4 Å². The van der Waals surface area contributed by atoms with Crippen LogP contribution in [0.2, 0.25) is 0 Å². The average Bonchev–Trinajstić information content (AvgIpc) is 3.20. The van der Waals surface area contributed by atoms with Crippen molar-refractivity contribution in [2.75, 3.05) is 13.7 Å². The summed E-state index contributed by atoms with van der Waals surface area (Å²) in [7, 11) is -2.16. The van der Waals surface area contributed by atoms with E-state index in [0.29, 0.717) is 18.1 Å².